The van der Waals surface area contributed by atoms with Crippen molar-refractivity contribution in [2.24, 2.45) is 0 Å². The van der Waals surface area contributed by atoms with Crippen molar-refractivity contribution in [3.05, 3.63) is 112 Å². The summed E-state index contributed by atoms with van der Waals surface area (Å²) >= 11 is 0. The monoisotopic (exact) mass is 555 g/mol. The molecule has 2 aliphatic rings. The molecule has 1 N–H and O–H groups in total. The maximum absolute atomic E-state index is 13.6. The molecule has 3 aromatic rings. The second kappa shape index (κ2) is 9.86. The Morgan fingerprint density at radius 2 is 1.43 bits per heavy atom. The Morgan fingerprint density at radius 1 is 0.800 bits per heavy atom. The molecule has 1 aliphatic heterocycles. The number of nitrogens with zero attached hydrogens (tertiary/aromatic N) is 2. The lowest BCUT2D eigenvalue weighted by Gasteiger charge is -2.41. The van der Waals surface area contributed by atoms with Crippen LogP contribution in [0.5, 0.6) is 0 Å². The number of Topliss-reactive ketones (excluding diaryl/α,β-unsaturated/α-hetero) is 1. The van der Waals surface area contributed by atoms with E-state index in [1.807, 2.05) is 6.07 Å². The van der Waals surface area contributed by atoms with Crippen LogP contribution in [0.25, 0.3) is 0 Å². The molecule has 0 radical (unpaired) electrons. The number of urea groups is 1. The van der Waals surface area contributed by atoms with Crippen molar-refractivity contribution in [2.75, 3.05) is 4.90 Å². The zero-order valence-corrected chi connectivity index (χ0v) is 20.5. The summed E-state index contributed by atoms with van der Waals surface area (Å²) in [5, 5.41) is 11.8. The number of nitriles is 1. The molecule has 0 spiro atoms. The molecule has 0 saturated heterocycles. The number of hydrogen-bond acceptors (Lipinski definition) is 3. The minimum atomic E-state index is -4.68. The average molecular weight is 555 g/mol. The first-order valence-electron chi connectivity index (χ1n) is 12.1. The van der Waals surface area contributed by atoms with Crippen LogP contribution in [-0.2, 0) is 17.1 Å². The van der Waals surface area contributed by atoms with Gasteiger partial charge < -0.3 is 5.32 Å². The highest BCUT2D eigenvalue weighted by atomic mass is 19.4. The van der Waals surface area contributed by atoms with Crippen LogP contribution in [0.1, 0.15) is 52.6 Å². The van der Waals surface area contributed by atoms with Crippen LogP contribution in [0.2, 0.25) is 0 Å². The summed E-state index contributed by atoms with van der Waals surface area (Å²) in [4.78, 5) is 28.1. The maximum atomic E-state index is 13.6. The number of ketones is 1. The van der Waals surface area contributed by atoms with Gasteiger partial charge in [-0.3, -0.25) is 9.69 Å². The minimum absolute atomic E-state index is 0.0167. The van der Waals surface area contributed by atoms with Crippen molar-refractivity contribution < 1.29 is 35.9 Å². The normalized spacial score (nSPS) is 19.7. The van der Waals surface area contributed by atoms with Crippen LogP contribution in [0.4, 0.5) is 36.8 Å². The Bertz CT molecular complexity index is 1550. The van der Waals surface area contributed by atoms with Gasteiger partial charge >= 0.3 is 18.4 Å². The van der Waals surface area contributed by atoms with Crippen LogP contribution in [0.15, 0.2) is 84.1 Å². The van der Waals surface area contributed by atoms with E-state index in [-0.39, 0.29) is 29.8 Å². The quantitative estimate of drug-likeness (QED) is 0.346. The fourth-order valence-corrected chi connectivity index (χ4v) is 5.11. The van der Waals surface area contributed by atoms with Crippen LogP contribution in [-0.4, -0.2) is 11.8 Å². The van der Waals surface area contributed by atoms with Gasteiger partial charge in [-0.25, -0.2) is 4.79 Å². The fraction of sp³-hybridized carbons (Fsp3) is 0.207. The van der Waals surface area contributed by atoms with Crippen LogP contribution < -0.4 is 10.2 Å². The fourth-order valence-electron chi connectivity index (χ4n) is 5.11. The number of rotatable bonds is 3. The first-order valence-corrected chi connectivity index (χ1v) is 12.1. The number of benzene rings is 3. The van der Waals surface area contributed by atoms with E-state index in [0.717, 1.165) is 35.2 Å². The Balaban J connectivity index is 1.62. The zero-order chi connectivity index (χ0) is 28.8. The molecule has 0 bridgehead atoms. The average Bonchev–Trinajstić information content (AvgIpc) is 2.91. The van der Waals surface area contributed by atoms with Gasteiger partial charge in [0.05, 0.1) is 34.5 Å². The number of carbonyl (C=O) groups excluding carboxylic acids is 2. The number of hydrogen-bond donors (Lipinski definition) is 1. The third-order valence-corrected chi connectivity index (χ3v) is 7.03. The molecule has 3 aromatic carbocycles. The molecular formula is C29H19F6N3O2. The van der Waals surface area contributed by atoms with Gasteiger partial charge in [-0.1, -0.05) is 30.3 Å². The summed E-state index contributed by atoms with van der Waals surface area (Å²) in [6, 6.07) is 14.9. The first-order chi connectivity index (χ1) is 18.9. The molecule has 5 nitrogen and oxygen atoms in total. The topological polar surface area (TPSA) is 73.2 Å². The van der Waals surface area contributed by atoms with Gasteiger partial charge in [-0.2, -0.15) is 31.6 Å². The highest BCUT2D eigenvalue weighted by molar-refractivity contribution is 6.07. The van der Waals surface area contributed by atoms with Crippen molar-refractivity contribution in [3.63, 3.8) is 0 Å². The number of amides is 2. The van der Waals surface area contributed by atoms with E-state index < -0.39 is 47.3 Å². The van der Waals surface area contributed by atoms with Gasteiger partial charge in [-0.05, 0) is 65.9 Å². The Hall–Kier alpha value is -4.59. The van der Waals surface area contributed by atoms with Gasteiger partial charge in [0.25, 0.3) is 0 Å². The molecule has 5 rings (SSSR count). The SMILES string of the molecule is N#Cc1ccc(C2NC(=O)N(c3cccc(C(F)(F)F)c3)C3=C2C(=O)CC(c2ccc(C(F)(F)F)cc2)C3)cc1. The largest absolute Gasteiger partial charge is 0.416 e. The van der Waals surface area contributed by atoms with E-state index in [4.69, 9.17) is 5.26 Å². The predicted molar refractivity (Wildman–Crippen MR) is 132 cm³/mol. The summed E-state index contributed by atoms with van der Waals surface area (Å²) in [5.74, 6) is -1.02. The van der Waals surface area contributed by atoms with Gasteiger partial charge in [0.1, 0.15) is 0 Å². The van der Waals surface area contributed by atoms with Crippen LogP contribution in [0, 0.1) is 11.3 Å². The van der Waals surface area contributed by atoms with Gasteiger partial charge in [-0.15, -0.1) is 0 Å². The summed E-state index contributed by atoms with van der Waals surface area (Å²) in [7, 11) is 0. The zero-order valence-electron chi connectivity index (χ0n) is 20.5. The molecule has 40 heavy (non-hydrogen) atoms. The molecule has 2 unspecified atom stereocenters. The number of allylic oxidation sites excluding steroid dienone is 1. The summed E-state index contributed by atoms with van der Waals surface area (Å²) in [6.07, 6.45) is -9.30. The lowest BCUT2D eigenvalue weighted by molar-refractivity contribution is -0.138. The first kappa shape index (κ1) is 27.0. The maximum Gasteiger partial charge on any atom is 0.416 e. The lowest BCUT2D eigenvalue weighted by Crippen LogP contribution is -2.50. The van der Waals surface area contributed by atoms with Crippen molar-refractivity contribution in [3.8, 4) is 6.07 Å². The summed E-state index contributed by atoms with van der Waals surface area (Å²) in [6.45, 7) is 0. The standard InChI is InChI=1S/C29H19F6N3O2/c30-28(31,32)20-10-8-17(9-11-20)19-12-23-25(24(39)13-19)26(18-6-4-16(15-36)5-7-18)37-27(40)38(23)22-3-1-2-21(14-22)29(33,34)35/h1-11,14,19,26H,12-13H2,(H,37,40). The Labute approximate surface area is 224 Å². The van der Waals surface area contributed by atoms with Crippen LogP contribution in [0.3, 0.4) is 0 Å². The van der Waals surface area contributed by atoms with E-state index >= 15 is 0 Å². The third kappa shape index (κ3) is 5.04. The lowest BCUT2D eigenvalue weighted by atomic mass is 9.77. The molecule has 0 aromatic heterocycles. The highest BCUT2D eigenvalue weighted by Crippen LogP contribution is 2.45. The third-order valence-electron chi connectivity index (χ3n) is 7.03. The van der Waals surface area contributed by atoms with E-state index in [1.54, 1.807) is 12.1 Å². The van der Waals surface area contributed by atoms with Crippen molar-refractivity contribution in [1.82, 2.24) is 5.32 Å². The summed E-state index contributed by atoms with van der Waals surface area (Å²) < 4.78 is 79.7. The molecule has 204 valence electrons. The molecular weight excluding hydrogens is 536 g/mol. The summed E-state index contributed by atoms with van der Waals surface area (Å²) in [5.41, 5.74) is -0.356. The van der Waals surface area contributed by atoms with E-state index in [2.05, 4.69) is 5.32 Å². The van der Waals surface area contributed by atoms with Gasteiger partial charge in [0.15, 0.2) is 5.78 Å². The second-order valence-corrected chi connectivity index (χ2v) is 9.51. The molecule has 1 heterocycles. The van der Waals surface area contributed by atoms with E-state index in [9.17, 15) is 35.9 Å². The molecule has 0 fully saturated rings. The van der Waals surface area contributed by atoms with Crippen molar-refractivity contribution >= 4 is 17.5 Å². The van der Waals surface area contributed by atoms with E-state index in [1.165, 1.54) is 30.3 Å². The molecule has 11 heteroatoms. The number of anilines is 1. The van der Waals surface area contributed by atoms with Crippen LogP contribution >= 0.6 is 0 Å². The number of carbonyl (C=O) groups is 2. The molecule has 2 atom stereocenters. The van der Waals surface area contributed by atoms with Gasteiger partial charge in [0, 0.05) is 17.7 Å². The predicted octanol–water partition coefficient (Wildman–Crippen LogP) is 7.27. The Kier molecular flexibility index (Phi) is 6.66. The molecule has 1 aliphatic carbocycles. The highest BCUT2D eigenvalue weighted by Gasteiger charge is 2.43. The van der Waals surface area contributed by atoms with Crippen molar-refractivity contribution in [2.45, 2.75) is 37.2 Å². The number of nitrogens with one attached hydrogen (secondary N) is 1. The molecule has 2 amide bonds. The van der Waals surface area contributed by atoms with Gasteiger partial charge in [0.2, 0.25) is 0 Å². The second-order valence-electron chi connectivity index (χ2n) is 9.51. The Morgan fingerprint density at radius 3 is 2.02 bits per heavy atom. The molecule has 0 saturated carbocycles. The van der Waals surface area contributed by atoms with E-state index in [0.29, 0.717) is 16.7 Å². The number of alkyl halides is 6. The number of halogens is 6. The van der Waals surface area contributed by atoms with Crippen molar-refractivity contribution in [1.29, 1.82) is 5.26 Å². The minimum Gasteiger partial charge on any atom is -0.326 e. The smallest absolute Gasteiger partial charge is 0.326 e.